The van der Waals surface area contributed by atoms with Crippen LogP contribution in [0.5, 0.6) is 0 Å². The number of carbonyl (C=O) groups is 1. The molecule has 3 rings (SSSR count). The molecule has 0 radical (unpaired) electrons. The molecule has 1 amide bonds. The van der Waals surface area contributed by atoms with E-state index in [1.54, 1.807) is 19.1 Å². The van der Waals surface area contributed by atoms with Crippen molar-refractivity contribution in [2.24, 2.45) is 0 Å². The number of hydrogen-bond donors (Lipinski definition) is 2. The fourth-order valence-corrected chi connectivity index (χ4v) is 4.95. The maximum atomic E-state index is 13.0. The van der Waals surface area contributed by atoms with E-state index in [4.69, 9.17) is 33.7 Å². The zero-order valence-electron chi connectivity index (χ0n) is 15.0. The minimum absolute atomic E-state index is 0.0930. The van der Waals surface area contributed by atoms with E-state index in [1.807, 2.05) is 0 Å². The summed E-state index contributed by atoms with van der Waals surface area (Å²) in [5.74, 6) is -0.490. The van der Waals surface area contributed by atoms with Gasteiger partial charge in [-0.3, -0.25) is 4.79 Å². The summed E-state index contributed by atoms with van der Waals surface area (Å²) in [5, 5.41) is 3.07. The highest BCUT2D eigenvalue weighted by Gasteiger charge is 2.28. The van der Waals surface area contributed by atoms with Crippen molar-refractivity contribution in [1.82, 2.24) is 4.31 Å². The number of morpholine rings is 1. The van der Waals surface area contributed by atoms with Gasteiger partial charge < -0.3 is 15.8 Å². The Hall–Kier alpha value is -1.84. The minimum Gasteiger partial charge on any atom is -0.396 e. The van der Waals surface area contributed by atoms with E-state index in [0.717, 1.165) is 0 Å². The van der Waals surface area contributed by atoms with Gasteiger partial charge in [0.25, 0.3) is 5.91 Å². The molecule has 1 aliphatic rings. The summed E-state index contributed by atoms with van der Waals surface area (Å²) in [6.07, 6.45) is 0. The second-order valence-electron chi connectivity index (χ2n) is 6.30. The molecular weight excluding hydrogens is 425 g/mol. The lowest BCUT2D eigenvalue weighted by Gasteiger charge is -2.26. The molecule has 0 unspecified atom stereocenters. The van der Waals surface area contributed by atoms with Crippen LogP contribution in [0.4, 0.5) is 11.4 Å². The highest BCUT2D eigenvalue weighted by atomic mass is 35.5. The zero-order valence-corrected chi connectivity index (χ0v) is 17.4. The molecule has 2 aromatic rings. The number of halogens is 2. The van der Waals surface area contributed by atoms with E-state index in [2.05, 4.69) is 5.32 Å². The van der Waals surface area contributed by atoms with E-state index >= 15 is 0 Å². The molecule has 2 aromatic carbocycles. The average Bonchev–Trinajstić information content (AvgIpc) is 2.67. The maximum absolute atomic E-state index is 13.0. The number of rotatable bonds is 4. The largest absolute Gasteiger partial charge is 0.396 e. The van der Waals surface area contributed by atoms with Gasteiger partial charge in [-0.1, -0.05) is 29.3 Å². The summed E-state index contributed by atoms with van der Waals surface area (Å²) in [6, 6.07) is 7.48. The molecule has 1 fully saturated rings. The monoisotopic (exact) mass is 443 g/mol. The molecular formula is C18H19Cl2N3O4S. The van der Waals surface area contributed by atoms with Crippen LogP contribution in [0.2, 0.25) is 10.0 Å². The van der Waals surface area contributed by atoms with Crippen molar-refractivity contribution in [1.29, 1.82) is 0 Å². The molecule has 0 spiro atoms. The van der Waals surface area contributed by atoms with E-state index in [-0.39, 0.29) is 39.3 Å². The maximum Gasteiger partial charge on any atom is 0.255 e. The Morgan fingerprint density at radius 1 is 1.14 bits per heavy atom. The van der Waals surface area contributed by atoms with Crippen molar-refractivity contribution in [3.05, 3.63) is 51.5 Å². The SMILES string of the molecule is Cc1ccc(C(=O)Nc2cc(Cl)c(N)c(Cl)c2)cc1S(=O)(=O)N1CCOCC1. The summed E-state index contributed by atoms with van der Waals surface area (Å²) in [6.45, 7) is 2.93. The molecule has 10 heteroatoms. The third-order valence-electron chi connectivity index (χ3n) is 4.38. The van der Waals surface area contributed by atoms with Crippen molar-refractivity contribution in [2.75, 3.05) is 37.4 Å². The number of nitrogens with zero attached hydrogens (tertiary/aromatic N) is 1. The molecule has 1 heterocycles. The number of benzene rings is 2. The lowest BCUT2D eigenvalue weighted by Crippen LogP contribution is -2.40. The number of carbonyl (C=O) groups excluding carboxylic acids is 1. The first-order valence-corrected chi connectivity index (χ1v) is 10.6. The van der Waals surface area contributed by atoms with E-state index in [1.165, 1.54) is 22.5 Å². The molecule has 28 heavy (non-hydrogen) atoms. The number of amides is 1. The van der Waals surface area contributed by atoms with E-state index in [0.29, 0.717) is 24.5 Å². The van der Waals surface area contributed by atoms with Gasteiger partial charge in [-0.15, -0.1) is 0 Å². The van der Waals surface area contributed by atoms with Gasteiger partial charge in [0.05, 0.1) is 33.8 Å². The van der Waals surface area contributed by atoms with Crippen molar-refractivity contribution in [3.63, 3.8) is 0 Å². The average molecular weight is 444 g/mol. The topological polar surface area (TPSA) is 102 Å². The third-order valence-corrected chi connectivity index (χ3v) is 7.04. The molecule has 0 aromatic heterocycles. The Bertz CT molecular complexity index is 998. The Kier molecular flexibility index (Phi) is 6.16. The van der Waals surface area contributed by atoms with Gasteiger partial charge in [-0.2, -0.15) is 4.31 Å². The second-order valence-corrected chi connectivity index (χ2v) is 9.03. The summed E-state index contributed by atoms with van der Waals surface area (Å²) < 4.78 is 32.5. The molecule has 7 nitrogen and oxygen atoms in total. The molecule has 0 saturated carbocycles. The number of anilines is 2. The first kappa shape index (κ1) is 20.9. The quantitative estimate of drug-likeness (QED) is 0.706. The second kappa shape index (κ2) is 8.26. The minimum atomic E-state index is -3.73. The van der Waals surface area contributed by atoms with Gasteiger partial charge in [0.2, 0.25) is 10.0 Å². The molecule has 0 atom stereocenters. The van der Waals surface area contributed by atoms with Gasteiger partial charge in [0.15, 0.2) is 0 Å². The summed E-state index contributed by atoms with van der Waals surface area (Å²) in [4.78, 5) is 12.7. The smallest absolute Gasteiger partial charge is 0.255 e. The first-order chi connectivity index (χ1) is 13.2. The van der Waals surface area contributed by atoms with Crippen LogP contribution in [0, 0.1) is 6.92 Å². The zero-order chi connectivity index (χ0) is 20.5. The van der Waals surface area contributed by atoms with Crippen molar-refractivity contribution in [2.45, 2.75) is 11.8 Å². The highest BCUT2D eigenvalue weighted by molar-refractivity contribution is 7.89. The number of nitrogen functional groups attached to an aromatic ring is 1. The van der Waals surface area contributed by atoms with Crippen LogP contribution in [-0.4, -0.2) is 44.9 Å². The van der Waals surface area contributed by atoms with Crippen molar-refractivity contribution < 1.29 is 17.9 Å². The molecule has 0 bridgehead atoms. The van der Waals surface area contributed by atoms with Crippen LogP contribution >= 0.6 is 23.2 Å². The van der Waals surface area contributed by atoms with Crippen LogP contribution in [0.15, 0.2) is 35.2 Å². The fourth-order valence-electron chi connectivity index (χ4n) is 2.81. The Balaban J connectivity index is 1.89. The van der Waals surface area contributed by atoms with Gasteiger partial charge in [0, 0.05) is 24.3 Å². The predicted molar refractivity (Wildman–Crippen MR) is 110 cm³/mol. The number of sulfonamides is 1. The predicted octanol–water partition coefficient (Wildman–Crippen LogP) is 3.16. The Morgan fingerprint density at radius 2 is 1.75 bits per heavy atom. The van der Waals surface area contributed by atoms with E-state index in [9.17, 15) is 13.2 Å². The molecule has 1 saturated heterocycles. The van der Waals surface area contributed by atoms with Crippen LogP contribution in [0.3, 0.4) is 0 Å². The van der Waals surface area contributed by atoms with Gasteiger partial charge in [-0.25, -0.2) is 8.42 Å². The normalized spacial score (nSPS) is 15.4. The van der Waals surface area contributed by atoms with Crippen molar-refractivity contribution in [3.8, 4) is 0 Å². The van der Waals surface area contributed by atoms with Gasteiger partial charge >= 0.3 is 0 Å². The molecule has 150 valence electrons. The van der Waals surface area contributed by atoms with Gasteiger partial charge in [0.1, 0.15) is 0 Å². The van der Waals surface area contributed by atoms with E-state index < -0.39 is 15.9 Å². The lowest BCUT2D eigenvalue weighted by atomic mass is 10.1. The van der Waals surface area contributed by atoms with Crippen LogP contribution in [0.25, 0.3) is 0 Å². The standard InChI is InChI=1S/C18H19Cl2N3O4S/c1-11-2-3-12(8-16(11)28(25,26)23-4-6-27-7-5-23)18(24)22-13-9-14(19)17(21)15(20)10-13/h2-3,8-10H,4-7,21H2,1H3,(H,22,24). The summed E-state index contributed by atoms with van der Waals surface area (Å²) >= 11 is 12.0. The number of nitrogens with one attached hydrogen (secondary N) is 1. The summed E-state index contributed by atoms with van der Waals surface area (Å²) in [7, 11) is -3.73. The molecule has 1 aliphatic heterocycles. The first-order valence-electron chi connectivity index (χ1n) is 8.44. The number of nitrogens with two attached hydrogens (primary N) is 1. The number of aryl methyl sites for hydroxylation is 1. The van der Waals surface area contributed by atoms with Crippen LogP contribution < -0.4 is 11.1 Å². The Morgan fingerprint density at radius 3 is 2.36 bits per heavy atom. The van der Waals surface area contributed by atoms with Crippen LogP contribution in [-0.2, 0) is 14.8 Å². The fraction of sp³-hybridized carbons (Fsp3) is 0.278. The Labute approximate surface area is 173 Å². The lowest BCUT2D eigenvalue weighted by molar-refractivity contribution is 0.0730. The third kappa shape index (κ3) is 4.26. The highest BCUT2D eigenvalue weighted by Crippen LogP contribution is 2.31. The van der Waals surface area contributed by atoms with Crippen LogP contribution in [0.1, 0.15) is 15.9 Å². The summed E-state index contributed by atoms with van der Waals surface area (Å²) in [5.41, 5.74) is 7.02. The van der Waals surface area contributed by atoms with Gasteiger partial charge in [-0.05, 0) is 36.8 Å². The number of hydrogen-bond acceptors (Lipinski definition) is 5. The number of ether oxygens (including phenoxy) is 1. The molecule has 3 N–H and O–H groups in total. The molecule has 0 aliphatic carbocycles. The van der Waals surface area contributed by atoms with Crippen molar-refractivity contribution >= 4 is 50.5 Å².